The molecule has 2 rings (SSSR count). The van der Waals surface area contributed by atoms with E-state index in [4.69, 9.17) is 14.2 Å². The van der Waals surface area contributed by atoms with Crippen LogP contribution in [-0.2, 0) is 16.7 Å². The Labute approximate surface area is 168 Å². The molecule has 0 bridgehead atoms. The van der Waals surface area contributed by atoms with E-state index >= 15 is 0 Å². The van der Waals surface area contributed by atoms with Crippen LogP contribution in [0.4, 0.5) is 0 Å². The second-order valence-electron chi connectivity index (χ2n) is 6.93. The van der Waals surface area contributed by atoms with Gasteiger partial charge in [0.15, 0.2) is 0 Å². The number of carbonyl (C=O) groups is 1. The van der Waals surface area contributed by atoms with Crippen molar-refractivity contribution < 1.29 is 19.0 Å². The number of esters is 1. The molecule has 0 fully saturated rings. The number of ether oxygens (including phenoxy) is 3. The summed E-state index contributed by atoms with van der Waals surface area (Å²) in [6, 6.07) is 13.6. The van der Waals surface area contributed by atoms with Crippen LogP contribution in [0.1, 0.15) is 41.8 Å². The van der Waals surface area contributed by atoms with E-state index in [1.165, 1.54) is 0 Å². The summed E-state index contributed by atoms with van der Waals surface area (Å²) < 4.78 is 16.7. The zero-order chi connectivity index (χ0) is 20.7. The molecule has 0 amide bonds. The van der Waals surface area contributed by atoms with Gasteiger partial charge in [-0.2, -0.15) is 0 Å². The lowest BCUT2D eigenvalue weighted by atomic mass is 9.87. The van der Waals surface area contributed by atoms with Crippen molar-refractivity contribution in [3.05, 3.63) is 59.2 Å². The molecule has 0 saturated carbocycles. The summed E-state index contributed by atoms with van der Waals surface area (Å²) in [5, 5.41) is 0. The maximum Gasteiger partial charge on any atom is 0.338 e. The zero-order valence-electron chi connectivity index (χ0n) is 17.7. The Kier molecular flexibility index (Phi) is 7.46. The van der Waals surface area contributed by atoms with Crippen LogP contribution < -0.4 is 9.47 Å². The predicted octanol–water partition coefficient (Wildman–Crippen LogP) is 4.29. The maximum atomic E-state index is 12.8. The van der Waals surface area contributed by atoms with Gasteiger partial charge in [0, 0.05) is 5.56 Å². The SMILES string of the molecule is CCc1c(OC)cc(C(=O)OCC(CC)(c2ccccc2)N(C)C)cc1OC. The van der Waals surface area contributed by atoms with Crippen LogP contribution in [-0.4, -0.2) is 45.8 Å². The van der Waals surface area contributed by atoms with Gasteiger partial charge in [0.25, 0.3) is 0 Å². The topological polar surface area (TPSA) is 48.0 Å². The Hall–Kier alpha value is -2.53. The van der Waals surface area contributed by atoms with Gasteiger partial charge >= 0.3 is 5.97 Å². The molecule has 0 heterocycles. The van der Waals surface area contributed by atoms with Crippen molar-refractivity contribution >= 4 is 5.97 Å². The fourth-order valence-corrected chi connectivity index (χ4v) is 3.56. The highest BCUT2D eigenvalue weighted by Crippen LogP contribution is 2.33. The van der Waals surface area contributed by atoms with Crippen molar-refractivity contribution in [1.29, 1.82) is 0 Å². The molecule has 0 aliphatic rings. The summed E-state index contributed by atoms with van der Waals surface area (Å²) in [6.07, 6.45) is 1.55. The first-order valence-electron chi connectivity index (χ1n) is 9.58. The molecule has 1 unspecified atom stereocenters. The minimum atomic E-state index is -0.394. The molecule has 0 aliphatic heterocycles. The number of hydrogen-bond donors (Lipinski definition) is 0. The van der Waals surface area contributed by atoms with Gasteiger partial charge in [-0.25, -0.2) is 4.79 Å². The van der Waals surface area contributed by atoms with Crippen molar-refractivity contribution in [2.75, 3.05) is 34.9 Å². The Morgan fingerprint density at radius 2 is 1.57 bits per heavy atom. The third-order valence-electron chi connectivity index (χ3n) is 5.39. The number of carbonyl (C=O) groups excluding carboxylic acids is 1. The van der Waals surface area contributed by atoms with Gasteiger partial charge in [-0.1, -0.05) is 44.2 Å². The van der Waals surface area contributed by atoms with Gasteiger partial charge in [-0.05, 0) is 44.6 Å². The number of hydrogen-bond acceptors (Lipinski definition) is 5. The molecule has 28 heavy (non-hydrogen) atoms. The van der Waals surface area contributed by atoms with Gasteiger partial charge < -0.3 is 14.2 Å². The first kappa shape index (κ1) is 21.8. The third kappa shape index (κ3) is 4.30. The van der Waals surface area contributed by atoms with E-state index in [2.05, 4.69) is 24.0 Å². The Morgan fingerprint density at radius 1 is 1.00 bits per heavy atom. The standard InChI is InChI=1S/C23H31NO4/c1-7-19-20(26-5)14-17(15-21(19)27-6)22(25)28-16-23(8-2,24(3)4)18-12-10-9-11-13-18/h9-15H,7-8,16H2,1-6H3. The van der Waals surface area contributed by atoms with E-state index < -0.39 is 11.5 Å². The molecule has 152 valence electrons. The van der Waals surface area contributed by atoms with Crippen LogP contribution in [0.2, 0.25) is 0 Å². The summed E-state index contributed by atoms with van der Waals surface area (Å²) in [5.74, 6) is 0.868. The predicted molar refractivity (Wildman–Crippen MR) is 111 cm³/mol. The Balaban J connectivity index is 2.31. The summed E-state index contributed by atoms with van der Waals surface area (Å²) >= 11 is 0. The Bertz CT molecular complexity index is 763. The minimum Gasteiger partial charge on any atom is -0.496 e. The molecule has 0 saturated heterocycles. The van der Waals surface area contributed by atoms with Crippen LogP contribution in [0.5, 0.6) is 11.5 Å². The second-order valence-corrected chi connectivity index (χ2v) is 6.93. The molecule has 0 radical (unpaired) electrons. The average Bonchev–Trinajstić information content (AvgIpc) is 2.73. The summed E-state index contributed by atoms with van der Waals surface area (Å²) in [6.45, 7) is 4.37. The first-order valence-corrected chi connectivity index (χ1v) is 9.58. The van der Waals surface area contributed by atoms with E-state index in [9.17, 15) is 4.79 Å². The van der Waals surface area contributed by atoms with Gasteiger partial charge in [-0.15, -0.1) is 0 Å². The number of benzene rings is 2. The normalized spacial score (nSPS) is 13.1. The molecule has 0 aromatic heterocycles. The Morgan fingerprint density at radius 3 is 2.00 bits per heavy atom. The molecular formula is C23H31NO4. The van der Waals surface area contributed by atoms with Crippen LogP contribution in [0.3, 0.4) is 0 Å². The van der Waals surface area contributed by atoms with Gasteiger partial charge in [-0.3, -0.25) is 4.90 Å². The molecule has 0 aliphatic carbocycles. The van der Waals surface area contributed by atoms with Crippen LogP contribution in [0.15, 0.2) is 42.5 Å². The van der Waals surface area contributed by atoms with E-state index in [1.54, 1.807) is 26.4 Å². The van der Waals surface area contributed by atoms with E-state index in [0.29, 0.717) is 17.1 Å². The molecule has 5 nitrogen and oxygen atoms in total. The minimum absolute atomic E-state index is 0.250. The summed E-state index contributed by atoms with van der Waals surface area (Å²) in [5.41, 5.74) is 2.07. The molecular weight excluding hydrogens is 354 g/mol. The quantitative estimate of drug-likeness (QED) is 0.603. The maximum absolute atomic E-state index is 12.8. The van der Waals surface area contributed by atoms with Crippen molar-refractivity contribution in [3.63, 3.8) is 0 Å². The fraction of sp³-hybridized carbons (Fsp3) is 0.435. The van der Waals surface area contributed by atoms with Crippen LogP contribution in [0.25, 0.3) is 0 Å². The van der Waals surface area contributed by atoms with Crippen molar-refractivity contribution in [3.8, 4) is 11.5 Å². The molecule has 0 N–H and O–H groups in total. The fourth-order valence-electron chi connectivity index (χ4n) is 3.56. The monoisotopic (exact) mass is 385 g/mol. The lowest BCUT2D eigenvalue weighted by molar-refractivity contribution is 0.0119. The van der Waals surface area contributed by atoms with Crippen LogP contribution in [0, 0.1) is 0 Å². The number of likely N-dealkylation sites (N-methyl/N-ethyl adjacent to an activating group) is 1. The molecule has 0 spiro atoms. The van der Waals surface area contributed by atoms with E-state index in [1.807, 2.05) is 39.2 Å². The van der Waals surface area contributed by atoms with Gasteiger partial charge in [0.2, 0.25) is 0 Å². The van der Waals surface area contributed by atoms with E-state index in [0.717, 1.165) is 24.0 Å². The lowest BCUT2D eigenvalue weighted by Gasteiger charge is -2.39. The number of nitrogens with zero attached hydrogens (tertiary/aromatic N) is 1. The largest absolute Gasteiger partial charge is 0.496 e. The van der Waals surface area contributed by atoms with Gasteiger partial charge in [0.05, 0.1) is 25.3 Å². The van der Waals surface area contributed by atoms with Gasteiger partial charge in [0.1, 0.15) is 18.1 Å². The van der Waals surface area contributed by atoms with Crippen molar-refractivity contribution in [2.45, 2.75) is 32.2 Å². The molecule has 1 atom stereocenters. The number of methoxy groups -OCH3 is 2. The average molecular weight is 386 g/mol. The summed E-state index contributed by atoms with van der Waals surface area (Å²) in [7, 11) is 7.19. The highest BCUT2D eigenvalue weighted by atomic mass is 16.5. The molecule has 5 heteroatoms. The molecule has 2 aromatic carbocycles. The summed E-state index contributed by atoms with van der Waals surface area (Å²) in [4.78, 5) is 15.0. The molecule has 2 aromatic rings. The second kappa shape index (κ2) is 9.60. The number of rotatable bonds is 9. The van der Waals surface area contributed by atoms with E-state index in [-0.39, 0.29) is 6.61 Å². The van der Waals surface area contributed by atoms with Crippen molar-refractivity contribution in [2.24, 2.45) is 0 Å². The highest BCUT2D eigenvalue weighted by molar-refractivity contribution is 5.91. The highest BCUT2D eigenvalue weighted by Gasteiger charge is 2.34. The van der Waals surface area contributed by atoms with Crippen molar-refractivity contribution in [1.82, 2.24) is 4.90 Å². The van der Waals surface area contributed by atoms with Crippen LogP contribution >= 0.6 is 0 Å². The third-order valence-corrected chi connectivity index (χ3v) is 5.39. The lowest BCUT2D eigenvalue weighted by Crippen LogP contribution is -2.45. The smallest absolute Gasteiger partial charge is 0.338 e. The zero-order valence-corrected chi connectivity index (χ0v) is 17.7. The first-order chi connectivity index (χ1) is 13.4.